The lowest BCUT2D eigenvalue weighted by Crippen LogP contribution is -2.15. The van der Waals surface area contributed by atoms with Gasteiger partial charge in [-0.25, -0.2) is 12.8 Å². The summed E-state index contributed by atoms with van der Waals surface area (Å²) >= 11 is 0. The van der Waals surface area contributed by atoms with Gasteiger partial charge in [-0.3, -0.25) is 20.3 Å². The molecule has 1 aromatic heterocycles. The van der Waals surface area contributed by atoms with Gasteiger partial charge >= 0.3 is 0 Å². The van der Waals surface area contributed by atoms with Gasteiger partial charge < -0.3 is 4.42 Å². The Balaban J connectivity index is 1.59. The van der Waals surface area contributed by atoms with Gasteiger partial charge in [0.25, 0.3) is 15.7 Å². The highest BCUT2D eigenvalue weighted by Crippen LogP contribution is 2.29. The molecule has 0 aliphatic heterocycles. The zero-order valence-corrected chi connectivity index (χ0v) is 20.0. The maximum Gasteiger partial charge on any atom is 0.270 e. The van der Waals surface area contributed by atoms with Crippen molar-refractivity contribution in [2.24, 2.45) is 5.10 Å². The van der Waals surface area contributed by atoms with Crippen LogP contribution in [0, 0.1) is 29.8 Å². The van der Waals surface area contributed by atoms with E-state index in [1.807, 2.05) is 13.0 Å². The number of hydrogen-bond donors (Lipinski definition) is 2. The van der Waals surface area contributed by atoms with Gasteiger partial charge in [0, 0.05) is 17.7 Å². The number of hydrogen-bond acceptors (Lipinski definition) is 7. The van der Waals surface area contributed by atoms with E-state index < -0.39 is 14.9 Å². The van der Waals surface area contributed by atoms with Crippen LogP contribution in [0.15, 0.2) is 87.2 Å². The van der Waals surface area contributed by atoms with Gasteiger partial charge in [0.1, 0.15) is 22.2 Å². The molecule has 36 heavy (non-hydrogen) atoms. The molecule has 0 saturated carbocycles. The second-order valence-electron chi connectivity index (χ2n) is 7.94. The van der Waals surface area contributed by atoms with Gasteiger partial charge in [-0.2, -0.15) is 5.10 Å². The van der Waals surface area contributed by atoms with Crippen LogP contribution in [0.2, 0.25) is 0 Å². The van der Waals surface area contributed by atoms with Crippen LogP contribution in [0.1, 0.15) is 16.9 Å². The maximum absolute atomic E-state index is 13.2. The van der Waals surface area contributed by atoms with Gasteiger partial charge in [0.05, 0.1) is 22.5 Å². The first-order chi connectivity index (χ1) is 17.1. The number of nitrogens with one attached hydrogen (secondary N) is 2. The Hall–Kier alpha value is -4.51. The molecule has 2 N–H and O–H groups in total. The van der Waals surface area contributed by atoms with Crippen molar-refractivity contribution in [3.8, 4) is 11.3 Å². The average molecular weight is 509 g/mol. The van der Waals surface area contributed by atoms with Gasteiger partial charge in [0.2, 0.25) is 0 Å². The summed E-state index contributed by atoms with van der Waals surface area (Å²) in [6, 6.07) is 17.7. The standard InChI is InChI=1S/C25H21FN4O5S/c1-16-3-10-22(17(2)13-16)29-36(33,34)25-14-20(30(31)32)8-11-23(25)28-27-15-21-9-12-24(35-21)18-4-6-19(26)7-5-18/h3-15,28-29H,1-2H3. The molecule has 1 heterocycles. The van der Waals surface area contributed by atoms with E-state index in [0.717, 1.165) is 11.6 Å². The molecule has 0 atom stereocenters. The molecule has 4 rings (SSSR count). The Bertz CT molecular complexity index is 1560. The zero-order chi connectivity index (χ0) is 25.9. The number of rotatable bonds is 8. The van der Waals surface area contributed by atoms with Crippen molar-refractivity contribution in [2.45, 2.75) is 18.7 Å². The monoisotopic (exact) mass is 508 g/mol. The highest BCUT2D eigenvalue weighted by molar-refractivity contribution is 7.92. The number of benzene rings is 3. The smallest absolute Gasteiger partial charge is 0.270 e. The minimum absolute atomic E-state index is 0.0272. The van der Waals surface area contributed by atoms with Crippen molar-refractivity contribution in [2.75, 3.05) is 10.1 Å². The lowest BCUT2D eigenvalue weighted by molar-refractivity contribution is -0.385. The molecule has 9 nitrogen and oxygen atoms in total. The molecular formula is C25H21FN4O5S. The molecule has 0 spiro atoms. The number of hydrazone groups is 1. The first-order valence-electron chi connectivity index (χ1n) is 10.7. The van der Waals surface area contributed by atoms with E-state index in [9.17, 15) is 22.9 Å². The second kappa shape index (κ2) is 10.0. The number of nitro groups is 1. The zero-order valence-electron chi connectivity index (χ0n) is 19.2. The van der Waals surface area contributed by atoms with Crippen LogP contribution < -0.4 is 10.1 Å². The molecule has 3 aromatic carbocycles. The minimum atomic E-state index is -4.21. The minimum Gasteiger partial charge on any atom is -0.455 e. The van der Waals surface area contributed by atoms with Gasteiger partial charge in [-0.1, -0.05) is 17.7 Å². The van der Waals surface area contributed by atoms with Crippen molar-refractivity contribution in [1.82, 2.24) is 0 Å². The van der Waals surface area contributed by atoms with Crippen LogP contribution in [0.4, 0.5) is 21.5 Å². The SMILES string of the molecule is Cc1ccc(NS(=O)(=O)c2cc([N+](=O)[O-])ccc2NN=Cc2ccc(-c3ccc(F)cc3)o2)c(C)c1. The summed E-state index contributed by atoms with van der Waals surface area (Å²) in [5, 5.41) is 15.3. The Labute approximate surface area is 206 Å². The molecule has 184 valence electrons. The molecule has 0 amide bonds. The van der Waals surface area contributed by atoms with Crippen LogP contribution in [0.25, 0.3) is 11.3 Å². The summed E-state index contributed by atoms with van der Waals surface area (Å²) in [7, 11) is -4.21. The third kappa shape index (κ3) is 5.58. The molecule has 0 aliphatic rings. The van der Waals surface area contributed by atoms with E-state index >= 15 is 0 Å². The number of non-ortho nitro benzene ring substituents is 1. The first kappa shape index (κ1) is 24.6. The van der Waals surface area contributed by atoms with E-state index in [4.69, 9.17) is 4.42 Å². The van der Waals surface area contributed by atoms with Crippen LogP contribution in [0.3, 0.4) is 0 Å². The third-order valence-corrected chi connectivity index (χ3v) is 6.63. The van der Waals surface area contributed by atoms with Gasteiger partial charge in [0.15, 0.2) is 0 Å². The molecule has 11 heteroatoms. The van der Waals surface area contributed by atoms with E-state index in [-0.39, 0.29) is 22.1 Å². The second-order valence-corrected chi connectivity index (χ2v) is 9.59. The summed E-state index contributed by atoms with van der Waals surface area (Å²) in [4.78, 5) is 10.3. The number of furan rings is 1. The summed E-state index contributed by atoms with van der Waals surface area (Å²) in [5.41, 5.74) is 4.94. The fourth-order valence-corrected chi connectivity index (χ4v) is 4.73. The topological polar surface area (TPSA) is 127 Å². The highest BCUT2D eigenvalue weighted by atomic mass is 32.2. The first-order valence-corrected chi connectivity index (χ1v) is 12.1. The normalized spacial score (nSPS) is 11.5. The van der Waals surface area contributed by atoms with Crippen LogP contribution in [-0.2, 0) is 10.0 Å². The summed E-state index contributed by atoms with van der Waals surface area (Å²) in [5.74, 6) is 0.478. The quantitative estimate of drug-likeness (QED) is 0.174. The number of sulfonamides is 1. The van der Waals surface area contributed by atoms with Crippen LogP contribution >= 0.6 is 0 Å². The number of nitrogens with zero attached hydrogens (tertiary/aromatic N) is 2. The lowest BCUT2D eigenvalue weighted by atomic mass is 10.1. The molecule has 0 unspecified atom stereocenters. The van der Waals surface area contributed by atoms with Crippen molar-refractivity contribution in [3.05, 3.63) is 106 Å². The fraction of sp³-hybridized carbons (Fsp3) is 0.0800. The van der Waals surface area contributed by atoms with Crippen molar-refractivity contribution in [3.63, 3.8) is 0 Å². The van der Waals surface area contributed by atoms with Gasteiger partial charge in [-0.05, 0) is 67.9 Å². The van der Waals surface area contributed by atoms with Crippen molar-refractivity contribution in [1.29, 1.82) is 0 Å². The summed E-state index contributed by atoms with van der Waals surface area (Å²) in [6.07, 6.45) is 1.32. The largest absolute Gasteiger partial charge is 0.455 e. The van der Waals surface area contributed by atoms with E-state index in [1.54, 1.807) is 43.3 Å². The molecular weight excluding hydrogens is 487 g/mol. The van der Waals surface area contributed by atoms with E-state index in [0.29, 0.717) is 28.3 Å². The molecule has 0 radical (unpaired) electrons. The van der Waals surface area contributed by atoms with Crippen molar-refractivity contribution >= 4 is 33.3 Å². The number of aryl methyl sites for hydroxylation is 2. The maximum atomic E-state index is 13.2. The number of nitro benzene ring substituents is 1. The summed E-state index contributed by atoms with van der Waals surface area (Å²) in [6.45, 7) is 3.64. The lowest BCUT2D eigenvalue weighted by Gasteiger charge is -2.14. The highest BCUT2D eigenvalue weighted by Gasteiger charge is 2.23. The van der Waals surface area contributed by atoms with Crippen molar-refractivity contribution < 1.29 is 22.1 Å². The average Bonchev–Trinajstić information content (AvgIpc) is 3.30. The van der Waals surface area contributed by atoms with Crippen LogP contribution in [-0.4, -0.2) is 19.6 Å². The van der Waals surface area contributed by atoms with E-state index in [1.165, 1.54) is 30.5 Å². The number of anilines is 2. The summed E-state index contributed by atoms with van der Waals surface area (Å²) < 4.78 is 47.6. The molecule has 4 aromatic rings. The van der Waals surface area contributed by atoms with Gasteiger partial charge in [-0.15, -0.1) is 0 Å². The third-order valence-electron chi connectivity index (χ3n) is 5.22. The molecule has 0 bridgehead atoms. The molecule has 0 aliphatic carbocycles. The number of halogens is 1. The predicted octanol–water partition coefficient (Wildman–Crippen LogP) is 5.86. The Morgan fingerprint density at radius 1 is 0.972 bits per heavy atom. The predicted molar refractivity (Wildman–Crippen MR) is 135 cm³/mol. The molecule has 0 fully saturated rings. The Morgan fingerprint density at radius 2 is 1.69 bits per heavy atom. The van der Waals surface area contributed by atoms with E-state index in [2.05, 4.69) is 15.2 Å². The Kier molecular flexibility index (Phi) is 6.84. The Morgan fingerprint density at radius 3 is 2.39 bits per heavy atom. The van der Waals surface area contributed by atoms with Crippen LogP contribution in [0.5, 0.6) is 0 Å². The fourth-order valence-electron chi connectivity index (χ4n) is 3.42. The molecule has 0 saturated heterocycles.